The number of aromatic nitrogens is 2. The van der Waals surface area contributed by atoms with Gasteiger partial charge >= 0.3 is 0 Å². The van der Waals surface area contributed by atoms with Crippen LogP contribution < -0.4 is 14.5 Å². The second-order valence-electron chi connectivity index (χ2n) is 26.2. The van der Waals surface area contributed by atoms with Gasteiger partial charge in [0.05, 0.1) is 0 Å². The number of nitrogens with zero attached hydrogens (tertiary/aromatic N) is 4. The number of pyridine rings is 1. The van der Waals surface area contributed by atoms with Crippen LogP contribution in [0.1, 0.15) is 152 Å². The van der Waals surface area contributed by atoms with E-state index in [1.165, 1.54) is 50.1 Å². The molecule has 9 aromatic carbocycles. The average molecular weight is 1290 g/mol. The summed E-state index contributed by atoms with van der Waals surface area (Å²) in [6.45, 7) is 32.2. The molecule has 12 rings (SSSR count). The van der Waals surface area contributed by atoms with Crippen molar-refractivity contribution in [2.75, 3.05) is 9.80 Å². The average Bonchev–Trinajstić information content (AvgIpc) is 1.79. The van der Waals surface area contributed by atoms with Gasteiger partial charge in [0.25, 0.3) is 0 Å². The van der Waals surface area contributed by atoms with Crippen LogP contribution in [-0.2, 0) is 42.7 Å². The number of para-hydroxylation sites is 3. The molecule has 0 saturated carbocycles. The Morgan fingerprint density at radius 1 is 0.471 bits per heavy atom. The summed E-state index contributed by atoms with van der Waals surface area (Å²) in [4.78, 5) is 9.77. The van der Waals surface area contributed by atoms with Crippen LogP contribution in [0.3, 0.4) is 0 Å². The zero-order valence-corrected chi connectivity index (χ0v) is 53.7. The van der Waals surface area contributed by atoms with E-state index in [9.17, 15) is 0 Å². The molecule has 1 aliphatic heterocycles. The second kappa shape index (κ2) is 22.8. The molecule has 11 aromatic rings. The Hall–Kier alpha value is -7.98. The summed E-state index contributed by atoms with van der Waals surface area (Å²) in [6, 6.07) is 83.0. The predicted molar refractivity (Wildman–Crippen MR) is 352 cm³/mol. The van der Waals surface area contributed by atoms with E-state index in [0.29, 0.717) is 11.5 Å². The Morgan fingerprint density at radius 2 is 0.988 bits per heavy atom. The van der Waals surface area contributed by atoms with E-state index in [0.717, 1.165) is 61.5 Å². The normalized spacial score (nSPS) is 13.0. The summed E-state index contributed by atoms with van der Waals surface area (Å²) in [6.07, 6.45) is 1.94. The zero-order chi connectivity index (χ0) is 58.9. The van der Waals surface area contributed by atoms with Crippen LogP contribution in [0.5, 0.6) is 11.5 Å². The molecule has 0 N–H and O–H groups in total. The van der Waals surface area contributed by atoms with Gasteiger partial charge < -0.3 is 19.1 Å². The van der Waals surface area contributed by atoms with Gasteiger partial charge in [-0.3, -0.25) is 0 Å². The van der Waals surface area contributed by atoms with Crippen molar-refractivity contribution >= 4 is 44.6 Å². The fourth-order valence-electron chi connectivity index (χ4n) is 12.7. The number of benzene rings is 9. The number of ether oxygens (including phenoxy) is 1. The van der Waals surface area contributed by atoms with E-state index in [1.54, 1.807) is 0 Å². The number of hydrogen-bond donors (Lipinski definition) is 0. The van der Waals surface area contributed by atoms with Gasteiger partial charge in [0.2, 0.25) is 0 Å². The molecule has 5 nitrogen and oxygen atoms in total. The number of rotatable bonds is 14. The molecule has 0 spiro atoms. The molecule has 0 unspecified atom stereocenters. The van der Waals surface area contributed by atoms with Gasteiger partial charge in [0.1, 0.15) is 5.82 Å². The number of anilines is 4. The molecule has 0 saturated heterocycles. The van der Waals surface area contributed by atoms with Gasteiger partial charge in [-0.15, -0.1) is 53.8 Å². The summed E-state index contributed by atoms with van der Waals surface area (Å²) in [5.41, 5.74) is 18.3. The number of fused-ring (bicyclic) bond motifs is 4. The molecule has 0 atom stereocenters. The summed E-state index contributed by atoms with van der Waals surface area (Å²) in [5.74, 6) is 2.55. The summed E-state index contributed by atoms with van der Waals surface area (Å²) >= 11 is 0. The van der Waals surface area contributed by atoms with Crippen molar-refractivity contribution in [2.24, 2.45) is 0 Å². The van der Waals surface area contributed by atoms with E-state index >= 15 is 0 Å². The quantitative estimate of drug-likeness (QED) is 0.102. The predicted octanol–water partition coefficient (Wildman–Crippen LogP) is 21.2. The first-order valence-electron chi connectivity index (χ1n) is 29.9. The molecule has 1 aliphatic rings. The Bertz CT molecular complexity index is 4130. The molecule has 0 radical (unpaired) electrons. The minimum Gasteiger partial charge on any atom is -0.509 e. The van der Waals surface area contributed by atoms with Crippen LogP contribution in [-0.4, -0.2) is 9.55 Å². The molecule has 3 heterocycles. The van der Waals surface area contributed by atoms with Crippen molar-refractivity contribution in [1.82, 2.24) is 9.55 Å². The van der Waals surface area contributed by atoms with Crippen molar-refractivity contribution in [3.05, 3.63) is 281 Å². The maximum absolute atomic E-state index is 7.48. The monoisotopic (exact) mass is 1290 g/mol. The van der Waals surface area contributed by atoms with E-state index in [1.807, 2.05) is 6.20 Å². The Morgan fingerprint density at radius 3 is 1.55 bits per heavy atom. The van der Waals surface area contributed by atoms with Crippen LogP contribution in [0.15, 0.2) is 212 Å². The maximum atomic E-state index is 7.48. The molecular weight excluding hydrogens is 1220 g/mol. The van der Waals surface area contributed by atoms with Crippen molar-refractivity contribution < 1.29 is 25.8 Å². The van der Waals surface area contributed by atoms with Gasteiger partial charge in [-0.2, -0.15) is 0 Å². The minimum absolute atomic E-state index is 0. The Kier molecular flexibility index (Phi) is 15.8. The van der Waals surface area contributed by atoms with E-state index in [4.69, 9.17) is 9.72 Å². The SMILES string of the molecule is CC(C)c1cccc(C(C)C)c1-c1cc(Oc2[c-]c3c(c(C(C)(C)c4ccccc4)c2)c2ccccc2n3-c2cc(C(C)(C)C)ccn2)[c-]c(N2[CH-]N(c3cc(C(C)(C)c4ccccc4)cc(C(C)(C)c4ccccc4)c3)c3ccccc32)c1.[Pt]. The van der Waals surface area contributed by atoms with Gasteiger partial charge in [0, 0.05) is 72.2 Å². The molecule has 85 heavy (non-hydrogen) atoms. The van der Waals surface area contributed by atoms with E-state index < -0.39 is 5.41 Å². The fourth-order valence-corrected chi connectivity index (χ4v) is 12.7. The third-order valence-electron chi connectivity index (χ3n) is 17.9. The largest absolute Gasteiger partial charge is 0.509 e. The molecular formula is C79H77N4OPt-3. The summed E-state index contributed by atoms with van der Waals surface area (Å²) < 4.78 is 9.76. The first kappa shape index (κ1) is 58.8. The van der Waals surface area contributed by atoms with Gasteiger partial charge in [0.15, 0.2) is 0 Å². The van der Waals surface area contributed by atoms with E-state index in [2.05, 4.69) is 329 Å². The molecule has 0 amide bonds. The molecule has 0 bridgehead atoms. The third-order valence-corrected chi connectivity index (χ3v) is 17.9. The summed E-state index contributed by atoms with van der Waals surface area (Å²) in [5, 5.41) is 2.26. The number of hydrogen-bond acceptors (Lipinski definition) is 4. The first-order chi connectivity index (χ1) is 40.2. The van der Waals surface area contributed by atoms with Crippen molar-refractivity contribution in [2.45, 2.75) is 124 Å². The molecule has 0 fully saturated rings. The topological polar surface area (TPSA) is 33.5 Å². The van der Waals surface area contributed by atoms with Crippen molar-refractivity contribution in [1.29, 1.82) is 0 Å². The zero-order valence-electron chi connectivity index (χ0n) is 51.5. The first-order valence-corrected chi connectivity index (χ1v) is 29.9. The van der Waals surface area contributed by atoms with Crippen molar-refractivity contribution in [3.8, 4) is 28.4 Å². The second-order valence-corrected chi connectivity index (χ2v) is 26.2. The van der Waals surface area contributed by atoms with E-state index in [-0.39, 0.29) is 49.1 Å². The summed E-state index contributed by atoms with van der Waals surface area (Å²) in [7, 11) is 0. The Labute approximate surface area is 519 Å². The molecule has 6 heteroatoms. The standard InChI is InChI=1S/C79H77N4O.Pt/c1-52(2)65-35-27-36-66(53(3)4)74(65)54-42-61(81-51-82(71-39-26-25-38-70(71)81)62-45-59(77(8,9)55-28-17-14-18-29-55)44-60(46-62)78(10,11)56-30-19-15-20-31-56)48-63(43-54)84-64-49-68(79(12,13)57-32-21-16-22-33-57)75-67-34-23-24-37-69(67)83(72(75)50-64)73-47-58(40-41-80-73)76(5,6)7;/h14-47,49,51-53H,1-13H3;/q-3;. The van der Waals surface area contributed by atoms with Gasteiger partial charge in [-0.05, 0) is 121 Å². The van der Waals surface area contributed by atoms with Gasteiger partial charge in [-0.25, -0.2) is 4.98 Å². The fraction of sp³-hybridized carbons (Fsp3) is 0.241. The van der Waals surface area contributed by atoms with Crippen molar-refractivity contribution in [3.63, 3.8) is 0 Å². The van der Waals surface area contributed by atoms with Crippen LogP contribution in [0, 0.1) is 18.8 Å². The smallest absolute Gasteiger partial charge is 0.135 e. The molecule has 432 valence electrons. The van der Waals surface area contributed by atoms with Crippen LogP contribution in [0.25, 0.3) is 38.8 Å². The van der Waals surface area contributed by atoms with Crippen LogP contribution in [0.4, 0.5) is 22.7 Å². The van der Waals surface area contributed by atoms with Crippen LogP contribution >= 0.6 is 0 Å². The third kappa shape index (κ3) is 10.8. The maximum Gasteiger partial charge on any atom is 0.135 e. The minimum atomic E-state index is -0.455. The molecule has 0 aliphatic carbocycles. The van der Waals surface area contributed by atoms with Crippen LogP contribution in [0.2, 0.25) is 0 Å². The Balaban J connectivity index is 0.00000752. The van der Waals surface area contributed by atoms with Gasteiger partial charge in [-0.1, -0.05) is 247 Å². The molecule has 2 aromatic heterocycles.